The number of aryl methyl sites for hydroxylation is 2. The van der Waals surface area contributed by atoms with Crippen LogP contribution >= 0.6 is 0 Å². The smallest absolute Gasteiger partial charge is 0.251 e. The molecule has 0 bridgehead atoms. The number of aromatic amines is 1. The first kappa shape index (κ1) is 19.2. The molecule has 0 unspecified atom stereocenters. The molecule has 1 aromatic heterocycles. The number of carbonyl (C=O) groups is 1. The number of carbonyl (C=O) groups excluding carboxylic acids is 1. The summed E-state index contributed by atoms with van der Waals surface area (Å²) < 4.78 is 13.1. The molecule has 2 aromatic carbocycles. The summed E-state index contributed by atoms with van der Waals surface area (Å²) in [6.07, 6.45) is 0.743. The highest BCUT2D eigenvalue weighted by molar-refractivity contribution is 5.80. The lowest BCUT2D eigenvalue weighted by atomic mass is 10.1. The number of amides is 1. The van der Waals surface area contributed by atoms with Crippen molar-refractivity contribution in [1.29, 1.82) is 0 Å². The minimum atomic E-state index is -0.249. The molecule has 0 saturated carbocycles. The van der Waals surface area contributed by atoms with Gasteiger partial charge >= 0.3 is 0 Å². The molecule has 29 heavy (non-hydrogen) atoms. The average Bonchev–Trinajstić information content (AvgIpc) is 2.73. The summed E-state index contributed by atoms with van der Waals surface area (Å²) in [4.78, 5) is 31.9. The highest BCUT2D eigenvalue weighted by Gasteiger charge is 2.21. The van der Waals surface area contributed by atoms with Gasteiger partial charge in [-0.25, -0.2) is 4.39 Å². The summed E-state index contributed by atoms with van der Waals surface area (Å²) in [6, 6.07) is 14.3. The number of halogens is 1. The van der Waals surface area contributed by atoms with Gasteiger partial charge in [-0.1, -0.05) is 12.1 Å². The molecular weight excluding hydrogens is 369 g/mol. The Kier molecular flexibility index (Phi) is 5.34. The van der Waals surface area contributed by atoms with Crippen LogP contribution in [0, 0.1) is 12.7 Å². The van der Waals surface area contributed by atoms with Crippen LogP contribution in [-0.2, 0) is 11.2 Å². The summed E-state index contributed by atoms with van der Waals surface area (Å²) in [5.74, 6) is -0.187. The van der Waals surface area contributed by atoms with Gasteiger partial charge in [-0.15, -0.1) is 0 Å². The fourth-order valence-electron chi connectivity index (χ4n) is 3.81. The van der Waals surface area contributed by atoms with Crippen LogP contribution in [-0.4, -0.2) is 42.0 Å². The van der Waals surface area contributed by atoms with Gasteiger partial charge in [0.1, 0.15) is 5.82 Å². The molecule has 1 fully saturated rings. The SMILES string of the molecule is Cc1ccc2cc(CCC(=O)N3CCN(c4ccc(F)cc4)CC3)c(=O)[nH]c2c1. The summed E-state index contributed by atoms with van der Waals surface area (Å²) in [5, 5.41) is 0.977. The number of piperazine rings is 1. The Morgan fingerprint density at radius 1 is 1.03 bits per heavy atom. The van der Waals surface area contributed by atoms with Crippen molar-refractivity contribution in [1.82, 2.24) is 9.88 Å². The molecule has 5 nitrogen and oxygen atoms in total. The predicted molar refractivity (Wildman–Crippen MR) is 113 cm³/mol. The lowest BCUT2D eigenvalue weighted by Gasteiger charge is -2.36. The fourth-order valence-corrected chi connectivity index (χ4v) is 3.81. The number of anilines is 1. The van der Waals surface area contributed by atoms with Gasteiger partial charge in [0.05, 0.1) is 0 Å². The number of nitrogens with one attached hydrogen (secondary N) is 1. The van der Waals surface area contributed by atoms with Gasteiger partial charge in [0.15, 0.2) is 0 Å². The zero-order valence-corrected chi connectivity index (χ0v) is 16.5. The molecule has 150 valence electrons. The first-order chi connectivity index (χ1) is 14.0. The van der Waals surface area contributed by atoms with Crippen molar-refractivity contribution in [2.24, 2.45) is 0 Å². The molecule has 1 aliphatic rings. The van der Waals surface area contributed by atoms with Crippen LogP contribution in [0.1, 0.15) is 17.5 Å². The minimum absolute atomic E-state index is 0.0622. The van der Waals surface area contributed by atoms with E-state index in [1.165, 1.54) is 12.1 Å². The van der Waals surface area contributed by atoms with Gasteiger partial charge in [0.2, 0.25) is 5.91 Å². The molecule has 0 radical (unpaired) electrons. The van der Waals surface area contributed by atoms with E-state index < -0.39 is 0 Å². The van der Waals surface area contributed by atoms with Crippen LogP contribution < -0.4 is 10.5 Å². The van der Waals surface area contributed by atoms with Crippen molar-refractivity contribution in [3.63, 3.8) is 0 Å². The van der Waals surface area contributed by atoms with Crippen LogP contribution in [0.4, 0.5) is 10.1 Å². The number of benzene rings is 2. The van der Waals surface area contributed by atoms with E-state index in [2.05, 4.69) is 9.88 Å². The van der Waals surface area contributed by atoms with E-state index in [0.717, 1.165) is 22.2 Å². The Hall–Kier alpha value is -3.15. The van der Waals surface area contributed by atoms with Crippen molar-refractivity contribution in [2.75, 3.05) is 31.1 Å². The predicted octanol–water partition coefficient (Wildman–Crippen LogP) is 3.26. The zero-order chi connectivity index (χ0) is 20.4. The number of H-pyrrole nitrogens is 1. The summed E-state index contributed by atoms with van der Waals surface area (Å²) >= 11 is 0. The maximum atomic E-state index is 13.1. The van der Waals surface area contributed by atoms with Gasteiger partial charge in [-0.05, 0) is 60.7 Å². The van der Waals surface area contributed by atoms with E-state index in [-0.39, 0.29) is 17.3 Å². The Labute approximate surface area is 168 Å². The van der Waals surface area contributed by atoms with Gasteiger partial charge in [0.25, 0.3) is 5.56 Å². The molecule has 0 atom stereocenters. The van der Waals surface area contributed by atoms with Crippen LogP contribution in [0.2, 0.25) is 0 Å². The van der Waals surface area contributed by atoms with Crippen LogP contribution in [0.15, 0.2) is 53.3 Å². The molecule has 0 aliphatic carbocycles. The summed E-state index contributed by atoms with van der Waals surface area (Å²) in [5.41, 5.74) is 3.39. The van der Waals surface area contributed by atoms with E-state index in [1.54, 1.807) is 12.1 Å². The third kappa shape index (κ3) is 4.31. The molecule has 0 spiro atoms. The second kappa shape index (κ2) is 8.07. The molecule has 1 N–H and O–H groups in total. The van der Waals surface area contributed by atoms with E-state index in [9.17, 15) is 14.0 Å². The number of hydrogen-bond acceptors (Lipinski definition) is 3. The molecule has 4 rings (SSSR count). The number of hydrogen-bond donors (Lipinski definition) is 1. The van der Waals surface area contributed by atoms with Gasteiger partial charge in [0, 0.05) is 49.4 Å². The topological polar surface area (TPSA) is 56.4 Å². The normalized spacial score (nSPS) is 14.4. The second-order valence-electron chi connectivity index (χ2n) is 7.56. The van der Waals surface area contributed by atoms with E-state index in [0.29, 0.717) is 44.6 Å². The highest BCUT2D eigenvalue weighted by Crippen LogP contribution is 2.18. The third-order valence-electron chi connectivity index (χ3n) is 5.51. The van der Waals surface area contributed by atoms with Gasteiger partial charge in [-0.2, -0.15) is 0 Å². The van der Waals surface area contributed by atoms with Crippen LogP contribution in [0.3, 0.4) is 0 Å². The maximum Gasteiger partial charge on any atom is 0.251 e. The first-order valence-corrected chi connectivity index (χ1v) is 9.90. The Morgan fingerprint density at radius 2 is 1.76 bits per heavy atom. The number of pyridine rings is 1. The Balaban J connectivity index is 1.35. The lowest BCUT2D eigenvalue weighted by molar-refractivity contribution is -0.131. The minimum Gasteiger partial charge on any atom is -0.368 e. The Bertz CT molecular complexity index is 1080. The molecule has 1 saturated heterocycles. The van der Waals surface area contributed by atoms with E-state index >= 15 is 0 Å². The lowest BCUT2D eigenvalue weighted by Crippen LogP contribution is -2.48. The fraction of sp³-hybridized carbons (Fsp3) is 0.304. The monoisotopic (exact) mass is 393 g/mol. The van der Waals surface area contributed by atoms with Crippen molar-refractivity contribution < 1.29 is 9.18 Å². The van der Waals surface area contributed by atoms with E-state index in [4.69, 9.17) is 0 Å². The molecule has 6 heteroatoms. The van der Waals surface area contributed by atoms with Crippen molar-refractivity contribution in [3.8, 4) is 0 Å². The number of aromatic nitrogens is 1. The molecule has 3 aromatic rings. The standard InChI is InChI=1S/C23H24FN3O2/c1-16-2-3-17-15-18(23(29)25-21(17)14-16)4-9-22(28)27-12-10-26(11-13-27)20-7-5-19(24)6-8-20/h2-3,5-8,14-15H,4,9-13H2,1H3,(H,25,29). The molecular formula is C23H24FN3O2. The van der Waals surface area contributed by atoms with E-state index in [1.807, 2.05) is 36.1 Å². The number of rotatable bonds is 4. The highest BCUT2D eigenvalue weighted by atomic mass is 19.1. The largest absolute Gasteiger partial charge is 0.368 e. The van der Waals surface area contributed by atoms with Crippen molar-refractivity contribution >= 4 is 22.5 Å². The second-order valence-corrected chi connectivity index (χ2v) is 7.56. The summed E-state index contributed by atoms with van der Waals surface area (Å²) in [6.45, 7) is 4.67. The average molecular weight is 393 g/mol. The number of nitrogens with zero attached hydrogens (tertiary/aromatic N) is 2. The van der Waals surface area contributed by atoms with Crippen molar-refractivity contribution in [2.45, 2.75) is 19.8 Å². The number of fused-ring (bicyclic) bond motifs is 1. The maximum absolute atomic E-state index is 13.1. The Morgan fingerprint density at radius 3 is 2.48 bits per heavy atom. The van der Waals surface area contributed by atoms with Gasteiger partial charge < -0.3 is 14.8 Å². The summed E-state index contributed by atoms with van der Waals surface area (Å²) in [7, 11) is 0. The third-order valence-corrected chi connectivity index (χ3v) is 5.51. The zero-order valence-electron chi connectivity index (χ0n) is 16.5. The first-order valence-electron chi connectivity index (χ1n) is 9.90. The molecule has 1 aliphatic heterocycles. The molecule has 1 amide bonds. The quantitative estimate of drug-likeness (QED) is 0.740. The van der Waals surface area contributed by atoms with Crippen molar-refractivity contribution in [3.05, 3.63) is 75.8 Å². The van der Waals surface area contributed by atoms with Crippen LogP contribution in [0.25, 0.3) is 10.9 Å². The van der Waals surface area contributed by atoms with Gasteiger partial charge in [-0.3, -0.25) is 9.59 Å². The molecule has 2 heterocycles. The van der Waals surface area contributed by atoms with Crippen LogP contribution in [0.5, 0.6) is 0 Å².